The van der Waals surface area contributed by atoms with E-state index < -0.39 is 5.60 Å². The van der Waals surface area contributed by atoms with Gasteiger partial charge in [0.25, 0.3) is 0 Å². The molecule has 0 saturated heterocycles. The normalized spacial score (nSPS) is 11.4. The van der Waals surface area contributed by atoms with E-state index in [0.29, 0.717) is 30.1 Å². The van der Waals surface area contributed by atoms with E-state index >= 15 is 0 Å². The number of carbonyl (C=O) groups is 1. The Kier molecular flexibility index (Phi) is 4.40. The molecule has 1 aromatic heterocycles. The molecule has 0 spiro atoms. The highest BCUT2D eigenvalue weighted by Gasteiger charge is 2.18. The number of benzene rings is 1. The van der Waals surface area contributed by atoms with Crippen molar-refractivity contribution in [2.75, 3.05) is 0 Å². The molecular formula is C16H20N2O3. The molecule has 0 radical (unpaired) electrons. The highest BCUT2D eigenvalue weighted by atomic mass is 16.6. The van der Waals surface area contributed by atoms with Crippen LogP contribution < -0.4 is 0 Å². The van der Waals surface area contributed by atoms with Crippen LogP contribution in [0.2, 0.25) is 0 Å². The molecule has 0 saturated carbocycles. The summed E-state index contributed by atoms with van der Waals surface area (Å²) >= 11 is 0. The van der Waals surface area contributed by atoms with Crippen molar-refractivity contribution in [3.8, 4) is 0 Å². The molecule has 5 heteroatoms. The zero-order valence-electron chi connectivity index (χ0n) is 12.8. The van der Waals surface area contributed by atoms with E-state index in [9.17, 15) is 4.79 Å². The van der Waals surface area contributed by atoms with Gasteiger partial charge >= 0.3 is 5.97 Å². The molecule has 2 rings (SSSR count). The van der Waals surface area contributed by atoms with Crippen molar-refractivity contribution in [1.29, 1.82) is 0 Å². The Morgan fingerprint density at radius 3 is 2.71 bits per heavy atom. The van der Waals surface area contributed by atoms with E-state index in [1.807, 2.05) is 39.8 Å². The molecule has 0 fully saturated rings. The van der Waals surface area contributed by atoms with Crippen LogP contribution in [0, 0.1) is 0 Å². The lowest BCUT2D eigenvalue weighted by molar-refractivity contribution is 0.00694. The van der Waals surface area contributed by atoms with Crippen molar-refractivity contribution in [2.45, 2.75) is 46.1 Å². The van der Waals surface area contributed by atoms with Crippen LogP contribution in [0.15, 0.2) is 28.8 Å². The largest absolute Gasteiger partial charge is 0.456 e. The van der Waals surface area contributed by atoms with Gasteiger partial charge in [-0.15, -0.1) is 0 Å². The van der Waals surface area contributed by atoms with Gasteiger partial charge in [-0.25, -0.2) is 4.79 Å². The summed E-state index contributed by atoms with van der Waals surface area (Å²) in [5, 5.41) is 3.91. The number of rotatable bonds is 4. The highest BCUT2D eigenvalue weighted by molar-refractivity contribution is 5.89. The Hall–Kier alpha value is -2.17. The molecule has 1 heterocycles. The van der Waals surface area contributed by atoms with Gasteiger partial charge in [0.2, 0.25) is 5.89 Å². The van der Waals surface area contributed by atoms with Gasteiger partial charge in [-0.05, 0) is 38.5 Å². The van der Waals surface area contributed by atoms with Crippen LogP contribution in [0.25, 0.3) is 0 Å². The Labute approximate surface area is 124 Å². The third kappa shape index (κ3) is 4.41. The third-order valence-corrected chi connectivity index (χ3v) is 2.74. The zero-order valence-corrected chi connectivity index (χ0v) is 12.8. The highest BCUT2D eigenvalue weighted by Crippen LogP contribution is 2.15. The first-order chi connectivity index (χ1) is 9.87. The number of hydrogen-bond acceptors (Lipinski definition) is 5. The van der Waals surface area contributed by atoms with Gasteiger partial charge in [-0.2, -0.15) is 4.98 Å². The molecule has 0 aliphatic carbocycles. The minimum absolute atomic E-state index is 0.327. The summed E-state index contributed by atoms with van der Waals surface area (Å²) in [5.41, 5.74) is 0.972. The van der Waals surface area contributed by atoms with E-state index in [0.717, 1.165) is 5.56 Å². The lowest BCUT2D eigenvalue weighted by Crippen LogP contribution is -2.23. The summed E-state index contributed by atoms with van der Waals surface area (Å²) in [7, 11) is 0. The molecule has 0 bridgehead atoms. The van der Waals surface area contributed by atoms with Crippen LogP contribution in [0.4, 0.5) is 0 Å². The minimum Gasteiger partial charge on any atom is -0.456 e. The summed E-state index contributed by atoms with van der Waals surface area (Å²) in [6.07, 6.45) is 1.24. The second-order valence-corrected chi connectivity index (χ2v) is 5.84. The van der Waals surface area contributed by atoms with Gasteiger partial charge in [0.05, 0.1) is 5.56 Å². The summed E-state index contributed by atoms with van der Waals surface area (Å²) in [4.78, 5) is 16.3. The van der Waals surface area contributed by atoms with E-state index in [1.165, 1.54) is 0 Å². The second kappa shape index (κ2) is 6.08. The lowest BCUT2D eigenvalue weighted by Gasteiger charge is -2.19. The summed E-state index contributed by atoms with van der Waals surface area (Å²) in [6.45, 7) is 7.50. The molecule has 0 N–H and O–H groups in total. The zero-order chi connectivity index (χ0) is 15.5. The first-order valence-corrected chi connectivity index (χ1v) is 7.01. The maximum absolute atomic E-state index is 12.0. The van der Waals surface area contributed by atoms with Gasteiger partial charge in [-0.3, -0.25) is 0 Å². The lowest BCUT2D eigenvalue weighted by atomic mass is 10.1. The Morgan fingerprint density at radius 2 is 2.10 bits per heavy atom. The van der Waals surface area contributed by atoms with Crippen LogP contribution in [-0.2, 0) is 17.6 Å². The molecule has 1 aromatic carbocycles. The Bertz CT molecular complexity index is 626. The summed E-state index contributed by atoms with van der Waals surface area (Å²) < 4.78 is 10.4. The van der Waals surface area contributed by atoms with Crippen LogP contribution in [0.1, 0.15) is 55.3 Å². The van der Waals surface area contributed by atoms with Crippen molar-refractivity contribution >= 4 is 5.97 Å². The molecule has 0 amide bonds. The van der Waals surface area contributed by atoms with Gasteiger partial charge < -0.3 is 9.26 Å². The molecule has 0 aliphatic heterocycles. The SMILES string of the molecule is CCc1nc(Cc2cccc(C(=O)OC(C)(C)C)c2)no1. The van der Waals surface area contributed by atoms with Gasteiger partial charge in [-0.1, -0.05) is 24.2 Å². The average Bonchev–Trinajstić information content (AvgIpc) is 2.85. The maximum atomic E-state index is 12.0. The van der Waals surface area contributed by atoms with Crippen molar-refractivity contribution < 1.29 is 14.1 Å². The van der Waals surface area contributed by atoms with Crippen LogP contribution >= 0.6 is 0 Å². The van der Waals surface area contributed by atoms with Crippen LogP contribution in [-0.4, -0.2) is 21.7 Å². The minimum atomic E-state index is -0.503. The van der Waals surface area contributed by atoms with Gasteiger partial charge in [0.1, 0.15) is 5.60 Å². The van der Waals surface area contributed by atoms with Crippen molar-refractivity contribution in [3.05, 3.63) is 47.1 Å². The Morgan fingerprint density at radius 1 is 1.33 bits per heavy atom. The van der Waals surface area contributed by atoms with Crippen molar-refractivity contribution in [3.63, 3.8) is 0 Å². The van der Waals surface area contributed by atoms with Crippen LogP contribution in [0.3, 0.4) is 0 Å². The number of nitrogens with zero attached hydrogens (tertiary/aromatic N) is 2. The first-order valence-electron chi connectivity index (χ1n) is 7.01. The Balaban J connectivity index is 2.12. The second-order valence-electron chi connectivity index (χ2n) is 5.84. The number of aromatic nitrogens is 2. The summed E-state index contributed by atoms with van der Waals surface area (Å²) in [6, 6.07) is 7.30. The number of hydrogen-bond donors (Lipinski definition) is 0. The average molecular weight is 288 g/mol. The number of ether oxygens (including phenoxy) is 1. The molecule has 112 valence electrons. The number of esters is 1. The van der Waals surface area contributed by atoms with Gasteiger partial charge in [0.15, 0.2) is 5.82 Å². The predicted molar refractivity (Wildman–Crippen MR) is 78.1 cm³/mol. The number of carbonyl (C=O) groups excluding carboxylic acids is 1. The quantitative estimate of drug-likeness (QED) is 0.808. The topological polar surface area (TPSA) is 65.2 Å². The standard InChI is InChI=1S/C16H20N2O3/c1-5-14-17-13(18-21-14)10-11-7-6-8-12(9-11)15(19)20-16(2,3)4/h6-9H,5,10H2,1-4H3. The van der Waals surface area contributed by atoms with Crippen molar-refractivity contribution in [1.82, 2.24) is 10.1 Å². The first kappa shape index (κ1) is 15.2. The molecule has 0 aliphatic rings. The monoisotopic (exact) mass is 288 g/mol. The maximum Gasteiger partial charge on any atom is 0.338 e. The number of aryl methyl sites for hydroxylation is 1. The fraction of sp³-hybridized carbons (Fsp3) is 0.438. The van der Waals surface area contributed by atoms with Crippen molar-refractivity contribution in [2.24, 2.45) is 0 Å². The van der Waals surface area contributed by atoms with Crippen LogP contribution in [0.5, 0.6) is 0 Å². The smallest absolute Gasteiger partial charge is 0.338 e. The van der Waals surface area contributed by atoms with E-state index in [4.69, 9.17) is 9.26 Å². The van der Waals surface area contributed by atoms with E-state index in [2.05, 4.69) is 10.1 Å². The van der Waals surface area contributed by atoms with Gasteiger partial charge in [0, 0.05) is 12.8 Å². The third-order valence-electron chi connectivity index (χ3n) is 2.74. The molecule has 2 aromatic rings. The molecule has 5 nitrogen and oxygen atoms in total. The molecule has 0 atom stereocenters. The van der Waals surface area contributed by atoms with E-state index in [1.54, 1.807) is 12.1 Å². The van der Waals surface area contributed by atoms with E-state index in [-0.39, 0.29) is 5.97 Å². The molecule has 21 heavy (non-hydrogen) atoms. The summed E-state index contributed by atoms with van der Waals surface area (Å²) in [5.74, 6) is 0.910. The molecular weight excluding hydrogens is 268 g/mol. The fourth-order valence-corrected chi connectivity index (χ4v) is 1.83. The fourth-order valence-electron chi connectivity index (χ4n) is 1.83. The molecule has 0 unspecified atom stereocenters. The predicted octanol–water partition coefficient (Wildman–Crippen LogP) is 3.18.